The van der Waals surface area contributed by atoms with E-state index in [9.17, 15) is 14.4 Å². The Balaban J connectivity index is 1.49. The lowest BCUT2D eigenvalue weighted by atomic mass is 9.96. The zero-order valence-electron chi connectivity index (χ0n) is 14.4. The van der Waals surface area contributed by atoms with Crippen LogP contribution in [0.1, 0.15) is 46.5 Å². The molecule has 0 atom stereocenters. The van der Waals surface area contributed by atoms with Crippen molar-refractivity contribution in [2.24, 2.45) is 5.92 Å². The van der Waals surface area contributed by atoms with Gasteiger partial charge in [-0.15, -0.1) is 11.3 Å². The van der Waals surface area contributed by atoms with Gasteiger partial charge in [0, 0.05) is 23.3 Å². The molecular formula is C18H23NO5S. The van der Waals surface area contributed by atoms with Crippen molar-refractivity contribution in [2.45, 2.75) is 38.5 Å². The molecule has 3 rings (SSSR count). The van der Waals surface area contributed by atoms with Crippen molar-refractivity contribution in [1.29, 1.82) is 0 Å². The molecule has 7 heteroatoms. The molecule has 2 heterocycles. The smallest absolute Gasteiger partial charge is 0.339 e. The Morgan fingerprint density at radius 3 is 2.64 bits per heavy atom. The topological polar surface area (TPSA) is 72.9 Å². The van der Waals surface area contributed by atoms with Crippen LogP contribution in [0.15, 0.2) is 5.38 Å². The molecule has 0 saturated carbocycles. The lowest BCUT2D eigenvalue weighted by molar-refractivity contribution is -0.149. The fraction of sp³-hybridized carbons (Fsp3) is 0.611. The number of likely N-dealkylation sites (tertiary alicyclic amines) is 1. The first kappa shape index (κ1) is 17.9. The van der Waals surface area contributed by atoms with Crippen LogP contribution in [0, 0.1) is 5.92 Å². The number of hydrogen-bond donors (Lipinski definition) is 0. The Morgan fingerprint density at radius 2 is 1.92 bits per heavy atom. The first-order valence-corrected chi connectivity index (χ1v) is 9.60. The number of carbonyl (C=O) groups is 3. The molecule has 1 aliphatic carbocycles. The van der Waals surface area contributed by atoms with Crippen molar-refractivity contribution in [3.63, 3.8) is 0 Å². The minimum atomic E-state index is -0.405. The zero-order chi connectivity index (χ0) is 17.8. The number of aryl methyl sites for hydroxylation is 1. The quantitative estimate of drug-likeness (QED) is 0.765. The molecule has 6 nitrogen and oxygen atoms in total. The molecule has 2 aliphatic rings. The largest absolute Gasteiger partial charge is 0.469 e. The summed E-state index contributed by atoms with van der Waals surface area (Å²) in [6, 6.07) is 0. The molecule has 0 unspecified atom stereocenters. The van der Waals surface area contributed by atoms with Crippen LogP contribution < -0.4 is 0 Å². The van der Waals surface area contributed by atoms with Gasteiger partial charge < -0.3 is 14.4 Å². The van der Waals surface area contributed by atoms with Crippen molar-refractivity contribution in [1.82, 2.24) is 4.90 Å². The van der Waals surface area contributed by atoms with Crippen LogP contribution in [0.5, 0.6) is 0 Å². The van der Waals surface area contributed by atoms with Gasteiger partial charge in [0.05, 0.1) is 18.6 Å². The van der Waals surface area contributed by atoms with Gasteiger partial charge in [-0.2, -0.15) is 0 Å². The highest BCUT2D eigenvalue weighted by Crippen LogP contribution is 2.30. The fourth-order valence-corrected chi connectivity index (χ4v) is 4.61. The van der Waals surface area contributed by atoms with Crippen LogP contribution >= 0.6 is 11.3 Å². The van der Waals surface area contributed by atoms with E-state index in [1.54, 1.807) is 16.2 Å². The second-order valence-electron chi connectivity index (χ2n) is 6.51. The minimum Gasteiger partial charge on any atom is -0.469 e. The van der Waals surface area contributed by atoms with Crippen molar-refractivity contribution in [3.8, 4) is 0 Å². The summed E-state index contributed by atoms with van der Waals surface area (Å²) in [5.74, 6) is -0.979. The van der Waals surface area contributed by atoms with Crippen LogP contribution in [0.25, 0.3) is 0 Å². The van der Waals surface area contributed by atoms with E-state index >= 15 is 0 Å². The predicted molar refractivity (Wildman–Crippen MR) is 92.6 cm³/mol. The van der Waals surface area contributed by atoms with E-state index in [1.165, 1.54) is 18.4 Å². The zero-order valence-corrected chi connectivity index (χ0v) is 15.2. The number of fused-ring (bicyclic) bond motifs is 1. The normalized spacial score (nSPS) is 17.7. The molecular weight excluding hydrogens is 342 g/mol. The first-order valence-electron chi connectivity index (χ1n) is 8.72. The lowest BCUT2D eigenvalue weighted by Crippen LogP contribution is -2.42. The summed E-state index contributed by atoms with van der Waals surface area (Å²) in [6.45, 7) is 0.736. The van der Waals surface area contributed by atoms with Gasteiger partial charge in [-0.1, -0.05) is 0 Å². The Kier molecular flexibility index (Phi) is 5.73. The highest BCUT2D eigenvalue weighted by atomic mass is 32.1. The lowest BCUT2D eigenvalue weighted by Gasteiger charge is -2.30. The number of esters is 2. The van der Waals surface area contributed by atoms with Crippen molar-refractivity contribution < 1.29 is 23.9 Å². The Bertz CT molecular complexity index is 660. The maximum atomic E-state index is 12.3. The maximum absolute atomic E-state index is 12.3. The number of ether oxygens (including phenoxy) is 2. The van der Waals surface area contributed by atoms with Gasteiger partial charge in [0.1, 0.15) is 0 Å². The third-order valence-corrected chi connectivity index (χ3v) is 6.08. The van der Waals surface area contributed by atoms with Crippen molar-refractivity contribution in [3.05, 3.63) is 21.4 Å². The number of thiophene rings is 1. The Hall–Kier alpha value is -1.89. The molecule has 0 bridgehead atoms. The molecule has 1 saturated heterocycles. The van der Waals surface area contributed by atoms with Crippen molar-refractivity contribution in [2.75, 3.05) is 26.8 Å². The summed E-state index contributed by atoms with van der Waals surface area (Å²) >= 11 is 1.61. The molecule has 1 aliphatic heterocycles. The van der Waals surface area contributed by atoms with E-state index in [0.29, 0.717) is 31.5 Å². The van der Waals surface area contributed by atoms with Crippen LogP contribution in [0.4, 0.5) is 0 Å². The van der Waals surface area contributed by atoms with Gasteiger partial charge in [-0.3, -0.25) is 9.59 Å². The molecule has 25 heavy (non-hydrogen) atoms. The number of nitrogens with zero attached hydrogens (tertiary/aromatic N) is 1. The van der Waals surface area contributed by atoms with Crippen LogP contribution in [-0.2, 0) is 31.9 Å². The molecule has 1 aromatic heterocycles. The Morgan fingerprint density at radius 1 is 1.20 bits per heavy atom. The fourth-order valence-electron chi connectivity index (χ4n) is 3.49. The van der Waals surface area contributed by atoms with E-state index in [0.717, 1.165) is 24.8 Å². The highest BCUT2D eigenvalue weighted by molar-refractivity contribution is 7.10. The number of methoxy groups -OCH3 is 1. The molecule has 1 aromatic rings. The van der Waals surface area contributed by atoms with Crippen LogP contribution in [0.2, 0.25) is 0 Å². The van der Waals surface area contributed by atoms with E-state index in [4.69, 9.17) is 9.47 Å². The second kappa shape index (κ2) is 7.99. The van der Waals surface area contributed by atoms with E-state index in [1.807, 2.05) is 5.38 Å². The summed E-state index contributed by atoms with van der Waals surface area (Å²) in [6.07, 6.45) is 5.38. The van der Waals surface area contributed by atoms with Crippen LogP contribution in [0.3, 0.4) is 0 Å². The summed E-state index contributed by atoms with van der Waals surface area (Å²) in [5.41, 5.74) is 1.73. The highest BCUT2D eigenvalue weighted by Gasteiger charge is 2.28. The van der Waals surface area contributed by atoms with E-state index in [-0.39, 0.29) is 24.4 Å². The number of piperidine rings is 1. The summed E-state index contributed by atoms with van der Waals surface area (Å²) in [4.78, 5) is 39.0. The number of amides is 1. The molecule has 0 radical (unpaired) electrons. The van der Waals surface area contributed by atoms with E-state index < -0.39 is 5.97 Å². The SMILES string of the molecule is COC(=O)C1CCN(C(=O)COC(=O)c2csc3c2CCCC3)CC1. The third-order valence-electron chi connectivity index (χ3n) is 4.99. The molecule has 1 amide bonds. The monoisotopic (exact) mass is 365 g/mol. The maximum Gasteiger partial charge on any atom is 0.339 e. The summed E-state index contributed by atoms with van der Waals surface area (Å²) in [7, 11) is 1.38. The predicted octanol–water partition coefficient (Wildman–Crippen LogP) is 2.20. The van der Waals surface area contributed by atoms with Crippen LogP contribution in [-0.4, -0.2) is 49.6 Å². The molecule has 0 spiro atoms. The standard InChI is InChI=1S/C18H23NO5S/c1-23-17(21)12-6-8-19(9-7-12)16(20)10-24-18(22)14-11-25-15-5-3-2-4-13(14)15/h11-12H,2-10H2,1H3. The molecule has 0 N–H and O–H groups in total. The number of hydrogen-bond acceptors (Lipinski definition) is 6. The summed E-state index contributed by atoms with van der Waals surface area (Å²) in [5, 5.41) is 1.85. The van der Waals surface area contributed by atoms with E-state index in [2.05, 4.69) is 0 Å². The van der Waals surface area contributed by atoms with Gasteiger partial charge in [-0.25, -0.2) is 4.79 Å². The van der Waals surface area contributed by atoms with Gasteiger partial charge in [0.25, 0.3) is 5.91 Å². The summed E-state index contributed by atoms with van der Waals surface area (Å²) < 4.78 is 9.99. The van der Waals surface area contributed by atoms with Gasteiger partial charge >= 0.3 is 11.9 Å². The molecule has 1 fully saturated rings. The average Bonchev–Trinajstić information content (AvgIpc) is 3.09. The average molecular weight is 365 g/mol. The first-order chi connectivity index (χ1) is 12.1. The van der Waals surface area contributed by atoms with Crippen molar-refractivity contribution >= 4 is 29.2 Å². The van der Waals surface area contributed by atoms with Gasteiger partial charge in [0.2, 0.25) is 0 Å². The van der Waals surface area contributed by atoms with Gasteiger partial charge in [0.15, 0.2) is 6.61 Å². The van der Waals surface area contributed by atoms with Gasteiger partial charge in [-0.05, 0) is 44.1 Å². The molecule has 136 valence electrons. The molecule has 0 aromatic carbocycles. The Labute approximate surface area is 151 Å². The number of rotatable bonds is 4. The number of carbonyl (C=O) groups excluding carboxylic acids is 3. The minimum absolute atomic E-state index is 0.145. The third kappa shape index (κ3) is 4.03. The second-order valence-corrected chi connectivity index (χ2v) is 7.48.